The minimum Gasteiger partial charge on any atom is -1.00 e. The Balaban J connectivity index is 0. The first-order valence-corrected chi connectivity index (χ1v) is 15.8. The minimum atomic E-state index is -1.64. The number of halogens is 1. The third-order valence-electron chi connectivity index (χ3n) is 6.93. The monoisotopic (exact) mass is 613 g/mol. The number of carbonyl (C=O) groups excluding carboxylic acids is 3. The van der Waals surface area contributed by atoms with E-state index in [1.165, 1.54) is 0 Å². The van der Waals surface area contributed by atoms with Gasteiger partial charge in [0.25, 0.3) is 0 Å². The van der Waals surface area contributed by atoms with Crippen LogP contribution in [0.1, 0.15) is 81.1 Å². The first kappa shape index (κ1) is 35.7. The van der Waals surface area contributed by atoms with Gasteiger partial charge in [0.2, 0.25) is 17.7 Å². The van der Waals surface area contributed by atoms with Crippen LogP contribution >= 0.6 is 7.26 Å². The second kappa shape index (κ2) is 19.7. The van der Waals surface area contributed by atoms with Gasteiger partial charge >= 0.3 is 0 Å². The molecule has 202 valence electrons. The molecule has 0 rings (SSSR count). The molecule has 0 bridgehead atoms. The fraction of sp³-hybridized carbons (Fsp3) is 0.885. The predicted octanol–water partition coefficient (Wildman–Crippen LogP) is 1.83. The molecule has 0 aromatic carbocycles. The molecule has 0 fully saturated rings. The lowest BCUT2D eigenvalue weighted by Gasteiger charge is -2.31. The molecule has 0 unspecified atom stereocenters. The Morgan fingerprint density at radius 3 is 1.03 bits per heavy atom. The van der Waals surface area contributed by atoms with E-state index in [1.807, 2.05) is 56.2 Å². The zero-order chi connectivity index (χ0) is 25.4. The summed E-state index contributed by atoms with van der Waals surface area (Å²) in [5, 5.41) is 0. The summed E-state index contributed by atoms with van der Waals surface area (Å²) in [6.45, 7) is 21.0. The quantitative estimate of drug-likeness (QED) is 0.175. The SMILES string of the molecule is CCN(CC)C(=O)CC[P+](CCC(=O)N(CC)CC)(CCC(=O)N(CC)CC)CCC(C)C.[I-]. The fourth-order valence-electron chi connectivity index (χ4n) is 4.40. The third-order valence-corrected chi connectivity index (χ3v) is 11.7. The summed E-state index contributed by atoms with van der Waals surface area (Å²) in [6, 6.07) is 0. The van der Waals surface area contributed by atoms with Crippen LogP contribution in [0.5, 0.6) is 0 Å². The van der Waals surface area contributed by atoms with E-state index in [1.54, 1.807) is 0 Å². The number of hydrogen-bond donors (Lipinski definition) is 0. The lowest BCUT2D eigenvalue weighted by atomic mass is 10.2. The van der Waals surface area contributed by atoms with Crippen LogP contribution in [0.4, 0.5) is 0 Å². The largest absolute Gasteiger partial charge is 1.00 e. The molecule has 0 saturated heterocycles. The van der Waals surface area contributed by atoms with Crippen molar-refractivity contribution in [3.63, 3.8) is 0 Å². The molecule has 6 nitrogen and oxygen atoms in total. The van der Waals surface area contributed by atoms with Crippen molar-refractivity contribution in [2.75, 3.05) is 63.9 Å². The molecule has 3 amide bonds. The second-order valence-electron chi connectivity index (χ2n) is 9.37. The molecule has 0 atom stereocenters. The van der Waals surface area contributed by atoms with Gasteiger partial charge in [-0.25, -0.2) is 0 Å². The average molecular weight is 614 g/mol. The van der Waals surface area contributed by atoms with Gasteiger partial charge in [-0.15, -0.1) is 0 Å². The van der Waals surface area contributed by atoms with Gasteiger partial charge in [-0.3, -0.25) is 14.4 Å². The first-order valence-electron chi connectivity index (χ1n) is 13.3. The van der Waals surface area contributed by atoms with Crippen molar-refractivity contribution in [3.05, 3.63) is 0 Å². The maximum absolute atomic E-state index is 12.9. The van der Waals surface area contributed by atoms with Crippen molar-refractivity contribution < 1.29 is 38.4 Å². The zero-order valence-corrected chi connectivity index (χ0v) is 26.4. The molecule has 34 heavy (non-hydrogen) atoms. The molecule has 0 N–H and O–H groups in total. The standard InChI is InChI=1S/C26H53N3O3P.HI/c1-9-27(10-2)24(30)16-20-33(19-15-23(7)8,21-17-25(31)28(11-3)12-4)22-18-26(32)29(13-5)14-6;/h23H,9-22H2,1-8H3;1H/q+1;/p-1. The highest BCUT2D eigenvalue weighted by molar-refractivity contribution is 7.76. The molecule has 8 heteroatoms. The van der Waals surface area contributed by atoms with Crippen LogP contribution in [0.2, 0.25) is 0 Å². The molecule has 0 heterocycles. The number of carbonyl (C=O) groups is 3. The zero-order valence-electron chi connectivity index (χ0n) is 23.4. The summed E-state index contributed by atoms with van der Waals surface area (Å²) in [5.41, 5.74) is 0. The van der Waals surface area contributed by atoms with E-state index in [9.17, 15) is 14.4 Å². The lowest BCUT2D eigenvalue weighted by Crippen LogP contribution is -3.00. The van der Waals surface area contributed by atoms with Crippen LogP contribution in [0.25, 0.3) is 0 Å². The molecule has 0 aromatic heterocycles. The van der Waals surface area contributed by atoms with Crippen molar-refractivity contribution in [2.45, 2.75) is 81.1 Å². The highest BCUT2D eigenvalue weighted by Gasteiger charge is 2.39. The van der Waals surface area contributed by atoms with Gasteiger partial charge in [-0.2, -0.15) is 0 Å². The number of rotatable bonds is 18. The van der Waals surface area contributed by atoms with Gasteiger partial charge in [0, 0.05) is 46.5 Å². The van der Waals surface area contributed by atoms with Crippen LogP contribution in [0, 0.1) is 5.92 Å². The minimum absolute atomic E-state index is 0. The lowest BCUT2D eigenvalue weighted by molar-refractivity contribution is -0.131. The smallest absolute Gasteiger partial charge is 0.226 e. The van der Waals surface area contributed by atoms with Gasteiger partial charge < -0.3 is 38.7 Å². The first-order chi connectivity index (χ1) is 15.6. The van der Waals surface area contributed by atoms with Crippen LogP contribution in [-0.4, -0.2) is 96.3 Å². The van der Waals surface area contributed by atoms with Crippen molar-refractivity contribution in [2.24, 2.45) is 5.92 Å². The summed E-state index contributed by atoms with van der Waals surface area (Å²) in [4.78, 5) is 44.3. The normalized spacial score (nSPS) is 11.2. The maximum atomic E-state index is 12.9. The van der Waals surface area contributed by atoms with E-state index in [2.05, 4.69) is 13.8 Å². The summed E-state index contributed by atoms with van der Waals surface area (Å²) in [6.07, 6.45) is 6.31. The highest BCUT2D eigenvalue weighted by atomic mass is 127. The molecule has 0 aliphatic carbocycles. The Kier molecular flexibility index (Phi) is 20.7. The van der Waals surface area contributed by atoms with E-state index in [4.69, 9.17) is 0 Å². The van der Waals surface area contributed by atoms with Crippen LogP contribution in [0.15, 0.2) is 0 Å². The van der Waals surface area contributed by atoms with Crippen molar-refractivity contribution in [3.8, 4) is 0 Å². The van der Waals surface area contributed by atoms with Crippen LogP contribution < -0.4 is 24.0 Å². The molecule has 0 spiro atoms. The Morgan fingerprint density at radius 2 is 0.824 bits per heavy atom. The van der Waals surface area contributed by atoms with E-state index < -0.39 is 7.26 Å². The molecular weight excluding hydrogens is 560 g/mol. The fourth-order valence-corrected chi connectivity index (χ4v) is 8.81. The Morgan fingerprint density at radius 1 is 0.559 bits per heavy atom. The number of hydrogen-bond acceptors (Lipinski definition) is 3. The summed E-state index contributed by atoms with van der Waals surface area (Å²) in [7, 11) is -1.64. The molecule has 0 saturated carbocycles. The van der Waals surface area contributed by atoms with Crippen molar-refractivity contribution in [1.29, 1.82) is 0 Å². The second-order valence-corrected chi connectivity index (χ2v) is 13.8. The Bertz CT molecular complexity index is 508. The Hall–Kier alpha value is -0.430. The van der Waals surface area contributed by atoms with E-state index in [-0.39, 0.29) is 41.7 Å². The number of nitrogens with zero attached hydrogens (tertiary/aromatic N) is 3. The van der Waals surface area contributed by atoms with E-state index in [0.717, 1.165) is 70.3 Å². The molecular formula is C26H53IN3O3P. The van der Waals surface area contributed by atoms with E-state index >= 15 is 0 Å². The third kappa shape index (κ3) is 13.0. The van der Waals surface area contributed by atoms with Gasteiger partial charge in [0.15, 0.2) is 0 Å². The van der Waals surface area contributed by atoms with E-state index in [0.29, 0.717) is 25.2 Å². The summed E-state index contributed by atoms with van der Waals surface area (Å²) in [5.74, 6) is 1.19. The van der Waals surface area contributed by atoms with Crippen molar-refractivity contribution in [1.82, 2.24) is 14.7 Å². The molecule has 0 aliphatic heterocycles. The Labute approximate surface area is 228 Å². The topological polar surface area (TPSA) is 60.9 Å². The molecule has 0 aromatic rings. The summed E-state index contributed by atoms with van der Waals surface area (Å²) >= 11 is 0. The number of amides is 3. The molecule has 0 radical (unpaired) electrons. The van der Waals surface area contributed by atoms with Gasteiger partial charge in [-0.1, -0.05) is 13.8 Å². The van der Waals surface area contributed by atoms with Crippen LogP contribution in [0.3, 0.4) is 0 Å². The average Bonchev–Trinajstić information content (AvgIpc) is 2.80. The van der Waals surface area contributed by atoms with Gasteiger partial charge in [0.05, 0.1) is 43.9 Å². The van der Waals surface area contributed by atoms with Crippen LogP contribution in [-0.2, 0) is 14.4 Å². The van der Waals surface area contributed by atoms with Gasteiger partial charge in [0.1, 0.15) is 0 Å². The predicted molar refractivity (Wildman–Crippen MR) is 143 cm³/mol. The summed E-state index contributed by atoms with van der Waals surface area (Å²) < 4.78 is 0. The maximum Gasteiger partial charge on any atom is 0.226 e. The molecule has 0 aliphatic rings. The highest BCUT2D eigenvalue weighted by Crippen LogP contribution is 2.61. The van der Waals surface area contributed by atoms with Crippen molar-refractivity contribution >= 4 is 25.0 Å². The van der Waals surface area contributed by atoms with Gasteiger partial charge in [-0.05, 0) is 53.9 Å².